The highest BCUT2D eigenvalue weighted by atomic mass is 79.9. The molecule has 0 saturated heterocycles. The number of thiazole rings is 1. The Morgan fingerprint density at radius 3 is 2.95 bits per heavy atom. The third kappa shape index (κ3) is 3.48. The summed E-state index contributed by atoms with van der Waals surface area (Å²) in [6.07, 6.45) is 2.27. The number of aromatic nitrogens is 1. The van der Waals surface area contributed by atoms with Crippen LogP contribution < -0.4 is 16.4 Å². The van der Waals surface area contributed by atoms with Crippen LogP contribution in [0.15, 0.2) is 22.7 Å². The molecule has 0 spiro atoms. The number of hydrogen-bond donors (Lipinski definition) is 3. The van der Waals surface area contributed by atoms with E-state index in [9.17, 15) is 4.79 Å². The molecule has 1 heterocycles. The molecule has 1 aromatic carbocycles. The molecule has 5 nitrogen and oxygen atoms in total. The number of halogens is 2. The van der Waals surface area contributed by atoms with Gasteiger partial charge in [0.05, 0.1) is 5.69 Å². The van der Waals surface area contributed by atoms with Crippen LogP contribution in [0.5, 0.6) is 0 Å². The fourth-order valence-electron chi connectivity index (χ4n) is 1.73. The summed E-state index contributed by atoms with van der Waals surface area (Å²) < 4.78 is 0.750. The molecule has 0 radical (unpaired) electrons. The minimum atomic E-state index is -0.295. The van der Waals surface area contributed by atoms with Gasteiger partial charge in [0, 0.05) is 15.5 Å². The zero-order chi connectivity index (χ0) is 15.0. The topological polar surface area (TPSA) is 80.0 Å². The number of carbonyl (C=O) groups is 1. The molecule has 0 aliphatic heterocycles. The molecule has 2 aromatic rings. The first kappa shape index (κ1) is 14.6. The molecule has 0 atom stereocenters. The fourth-order valence-corrected chi connectivity index (χ4v) is 3.11. The second kappa shape index (κ2) is 5.82. The van der Waals surface area contributed by atoms with Gasteiger partial charge in [-0.15, -0.1) is 0 Å². The van der Waals surface area contributed by atoms with Crippen molar-refractivity contribution in [3.63, 3.8) is 0 Å². The first-order valence-corrected chi connectivity index (χ1v) is 8.31. The van der Waals surface area contributed by atoms with Gasteiger partial charge in [-0.2, -0.15) is 0 Å². The minimum absolute atomic E-state index is 0.235. The Hall–Kier alpha value is -1.31. The Morgan fingerprint density at radius 2 is 2.24 bits per heavy atom. The van der Waals surface area contributed by atoms with E-state index in [1.165, 1.54) is 11.3 Å². The lowest BCUT2D eigenvalue weighted by Gasteiger charge is -2.06. The smallest absolute Gasteiger partial charge is 0.269 e. The zero-order valence-electron chi connectivity index (χ0n) is 10.8. The zero-order valence-corrected chi connectivity index (χ0v) is 14.0. The molecule has 1 saturated carbocycles. The van der Waals surface area contributed by atoms with Gasteiger partial charge in [-0.25, -0.2) is 4.98 Å². The van der Waals surface area contributed by atoms with Crippen molar-refractivity contribution < 1.29 is 4.79 Å². The number of nitrogens with two attached hydrogens (primary N) is 1. The summed E-state index contributed by atoms with van der Waals surface area (Å²) >= 11 is 10.6. The minimum Gasteiger partial charge on any atom is -0.382 e. The summed E-state index contributed by atoms with van der Waals surface area (Å²) in [6, 6.07) is 5.64. The van der Waals surface area contributed by atoms with Crippen molar-refractivity contribution in [2.45, 2.75) is 18.9 Å². The molecule has 4 N–H and O–H groups in total. The second-order valence-corrected chi connectivity index (χ2v) is 7.02. The summed E-state index contributed by atoms with van der Waals surface area (Å²) in [5.41, 5.74) is 6.42. The number of hydrogen-bond acceptors (Lipinski definition) is 5. The van der Waals surface area contributed by atoms with Crippen LogP contribution in [0.4, 0.5) is 16.6 Å². The molecule has 1 aliphatic carbocycles. The van der Waals surface area contributed by atoms with Gasteiger partial charge in [-0.05, 0) is 47.0 Å². The van der Waals surface area contributed by atoms with Crippen molar-refractivity contribution in [1.82, 2.24) is 4.98 Å². The number of amides is 1. The molecule has 3 rings (SSSR count). The van der Waals surface area contributed by atoms with Gasteiger partial charge in [0.1, 0.15) is 10.7 Å². The average molecular weight is 388 g/mol. The summed E-state index contributed by atoms with van der Waals surface area (Å²) in [6.45, 7) is 0. The van der Waals surface area contributed by atoms with Crippen LogP contribution in [0.3, 0.4) is 0 Å². The summed E-state index contributed by atoms with van der Waals surface area (Å²) in [4.78, 5) is 16.9. The maximum Gasteiger partial charge on any atom is 0.269 e. The molecule has 1 amide bonds. The van der Waals surface area contributed by atoms with E-state index in [0.29, 0.717) is 26.8 Å². The standard InChI is InChI=1S/C13H12BrClN4OS/c14-8-4-1-6(15)5-9(8)18-12(20)10-11(16)19-13(21-10)17-7-2-3-7/h1,4-5,7H,2-3,16H2,(H,17,19)(H,18,20). The lowest BCUT2D eigenvalue weighted by molar-refractivity contribution is 0.103. The van der Waals surface area contributed by atoms with Crippen LogP contribution in [0.25, 0.3) is 0 Å². The SMILES string of the molecule is Nc1nc(NC2CC2)sc1C(=O)Nc1cc(Cl)ccc1Br. The molecular weight excluding hydrogens is 376 g/mol. The lowest BCUT2D eigenvalue weighted by atomic mass is 10.3. The maximum absolute atomic E-state index is 12.3. The summed E-state index contributed by atoms with van der Waals surface area (Å²) in [5.74, 6) is -0.0596. The average Bonchev–Trinajstić information content (AvgIpc) is 3.16. The van der Waals surface area contributed by atoms with E-state index >= 15 is 0 Å². The first-order valence-electron chi connectivity index (χ1n) is 6.32. The van der Waals surface area contributed by atoms with Gasteiger partial charge in [0.25, 0.3) is 5.91 Å². The Balaban J connectivity index is 1.78. The molecule has 1 aromatic heterocycles. The Labute approximate surface area is 139 Å². The number of carbonyl (C=O) groups excluding carboxylic acids is 1. The van der Waals surface area contributed by atoms with Crippen LogP contribution >= 0.6 is 38.9 Å². The van der Waals surface area contributed by atoms with Gasteiger partial charge in [0.15, 0.2) is 5.13 Å². The Kier molecular flexibility index (Phi) is 4.05. The summed E-state index contributed by atoms with van der Waals surface area (Å²) in [5, 5.41) is 7.25. The van der Waals surface area contributed by atoms with Crippen LogP contribution in [-0.4, -0.2) is 16.9 Å². The Bertz CT molecular complexity index is 701. The van der Waals surface area contributed by atoms with Crippen LogP contribution in [0, 0.1) is 0 Å². The highest BCUT2D eigenvalue weighted by Crippen LogP contribution is 2.32. The van der Waals surface area contributed by atoms with Gasteiger partial charge < -0.3 is 16.4 Å². The molecule has 21 heavy (non-hydrogen) atoms. The number of anilines is 3. The fraction of sp³-hybridized carbons (Fsp3) is 0.231. The first-order chi connectivity index (χ1) is 10.0. The normalized spacial score (nSPS) is 14.0. The number of nitrogens with one attached hydrogen (secondary N) is 2. The Morgan fingerprint density at radius 1 is 1.48 bits per heavy atom. The monoisotopic (exact) mass is 386 g/mol. The predicted octanol–water partition coefficient (Wildman–Crippen LogP) is 3.97. The van der Waals surface area contributed by atoms with Gasteiger partial charge in [-0.1, -0.05) is 22.9 Å². The van der Waals surface area contributed by atoms with Crippen molar-refractivity contribution in [2.75, 3.05) is 16.4 Å². The van der Waals surface area contributed by atoms with E-state index < -0.39 is 0 Å². The van der Waals surface area contributed by atoms with Crippen molar-refractivity contribution in [2.24, 2.45) is 0 Å². The highest BCUT2D eigenvalue weighted by Gasteiger charge is 2.24. The van der Waals surface area contributed by atoms with Gasteiger partial charge in [-0.3, -0.25) is 4.79 Å². The predicted molar refractivity (Wildman–Crippen MR) is 90.3 cm³/mol. The number of nitrogen functional groups attached to an aromatic ring is 1. The molecular formula is C13H12BrClN4OS. The molecule has 0 unspecified atom stereocenters. The van der Waals surface area contributed by atoms with E-state index in [-0.39, 0.29) is 11.7 Å². The second-order valence-electron chi connectivity index (χ2n) is 4.73. The van der Waals surface area contributed by atoms with E-state index in [1.54, 1.807) is 18.2 Å². The van der Waals surface area contributed by atoms with Crippen molar-refractivity contribution in [3.05, 3.63) is 32.6 Å². The van der Waals surface area contributed by atoms with Crippen LogP contribution in [-0.2, 0) is 0 Å². The molecule has 1 fully saturated rings. The van der Waals surface area contributed by atoms with Gasteiger partial charge in [0.2, 0.25) is 0 Å². The van der Waals surface area contributed by atoms with Crippen molar-refractivity contribution in [3.8, 4) is 0 Å². The van der Waals surface area contributed by atoms with E-state index in [2.05, 4.69) is 31.5 Å². The number of nitrogens with zero attached hydrogens (tertiary/aromatic N) is 1. The number of rotatable bonds is 4. The molecule has 110 valence electrons. The van der Waals surface area contributed by atoms with Crippen LogP contribution in [0.1, 0.15) is 22.5 Å². The third-order valence-electron chi connectivity index (χ3n) is 2.94. The van der Waals surface area contributed by atoms with Crippen molar-refractivity contribution in [1.29, 1.82) is 0 Å². The van der Waals surface area contributed by atoms with Crippen molar-refractivity contribution >= 4 is 61.4 Å². The highest BCUT2D eigenvalue weighted by molar-refractivity contribution is 9.10. The third-order valence-corrected chi connectivity index (χ3v) is 4.87. The quantitative estimate of drug-likeness (QED) is 0.741. The van der Waals surface area contributed by atoms with E-state index in [1.807, 2.05) is 0 Å². The molecule has 1 aliphatic rings. The lowest BCUT2D eigenvalue weighted by Crippen LogP contribution is -2.12. The van der Waals surface area contributed by atoms with Gasteiger partial charge >= 0.3 is 0 Å². The maximum atomic E-state index is 12.3. The largest absolute Gasteiger partial charge is 0.382 e. The summed E-state index contributed by atoms with van der Waals surface area (Å²) in [7, 11) is 0. The van der Waals surface area contributed by atoms with E-state index in [0.717, 1.165) is 17.3 Å². The number of benzene rings is 1. The van der Waals surface area contributed by atoms with E-state index in [4.69, 9.17) is 17.3 Å². The van der Waals surface area contributed by atoms with Crippen LogP contribution in [0.2, 0.25) is 5.02 Å². The molecule has 0 bridgehead atoms. The molecule has 8 heteroatoms.